The van der Waals surface area contributed by atoms with Gasteiger partial charge in [0, 0.05) is 19.4 Å². The molecule has 0 aromatic carbocycles. The zero-order valence-corrected chi connectivity index (χ0v) is 12.5. The number of hydrogen-bond donors (Lipinski definition) is 1. The van der Waals surface area contributed by atoms with Crippen LogP contribution in [0, 0.1) is 6.92 Å². The summed E-state index contributed by atoms with van der Waals surface area (Å²) in [5.41, 5.74) is 1.72. The average molecular weight is 303 g/mol. The van der Waals surface area contributed by atoms with E-state index in [1.807, 2.05) is 42.9 Å². The third-order valence-electron chi connectivity index (χ3n) is 3.30. The van der Waals surface area contributed by atoms with Crippen LogP contribution in [-0.2, 0) is 7.05 Å². The molecule has 0 spiro atoms. The van der Waals surface area contributed by atoms with Gasteiger partial charge in [0.05, 0.1) is 17.6 Å². The van der Waals surface area contributed by atoms with Crippen LogP contribution in [0.4, 0.5) is 5.69 Å². The van der Waals surface area contributed by atoms with E-state index in [0.717, 1.165) is 23.0 Å². The first-order chi connectivity index (χ1) is 10.1. The van der Waals surface area contributed by atoms with Crippen molar-refractivity contribution < 1.29 is 4.42 Å². The molecule has 0 aliphatic rings. The predicted octanol–water partition coefficient (Wildman–Crippen LogP) is 3.57. The van der Waals surface area contributed by atoms with E-state index in [1.54, 1.807) is 18.5 Å². The smallest absolute Gasteiger partial charge is 0.143 e. The maximum absolute atomic E-state index is 5.90. The molecule has 6 heteroatoms. The van der Waals surface area contributed by atoms with Gasteiger partial charge in [-0.25, -0.2) is 9.97 Å². The Kier molecular flexibility index (Phi) is 3.66. The zero-order chi connectivity index (χ0) is 14.8. The maximum atomic E-state index is 5.90. The first-order valence-corrected chi connectivity index (χ1v) is 6.93. The fraction of sp³-hybridized carbons (Fsp3) is 0.200. The summed E-state index contributed by atoms with van der Waals surface area (Å²) in [6.07, 6.45) is 5.32. The number of pyridine rings is 1. The number of imidazole rings is 1. The van der Waals surface area contributed by atoms with Crippen LogP contribution in [0.25, 0.3) is 0 Å². The lowest BCUT2D eigenvalue weighted by atomic mass is 10.2. The fourth-order valence-electron chi connectivity index (χ4n) is 2.21. The summed E-state index contributed by atoms with van der Waals surface area (Å²) >= 11 is 5.90. The van der Waals surface area contributed by atoms with Crippen molar-refractivity contribution in [1.29, 1.82) is 0 Å². The van der Waals surface area contributed by atoms with Gasteiger partial charge in [-0.2, -0.15) is 0 Å². The second-order valence-electron chi connectivity index (χ2n) is 4.76. The summed E-state index contributed by atoms with van der Waals surface area (Å²) in [6, 6.07) is 7.25. The number of nitrogens with zero attached hydrogens (tertiary/aromatic N) is 3. The Morgan fingerprint density at radius 1 is 1.33 bits per heavy atom. The molecule has 3 aromatic rings. The van der Waals surface area contributed by atoms with Crippen LogP contribution >= 0.6 is 11.6 Å². The van der Waals surface area contributed by atoms with Crippen LogP contribution < -0.4 is 5.32 Å². The van der Waals surface area contributed by atoms with Gasteiger partial charge in [0.2, 0.25) is 0 Å². The maximum Gasteiger partial charge on any atom is 0.143 e. The molecule has 0 fully saturated rings. The average Bonchev–Trinajstić information content (AvgIpc) is 3.10. The lowest BCUT2D eigenvalue weighted by molar-refractivity contribution is 0.488. The molecule has 0 saturated heterocycles. The van der Waals surface area contributed by atoms with Gasteiger partial charge in [0.1, 0.15) is 22.8 Å². The Balaban J connectivity index is 1.99. The van der Waals surface area contributed by atoms with Crippen molar-refractivity contribution in [3.05, 3.63) is 65.4 Å². The van der Waals surface area contributed by atoms with Gasteiger partial charge in [0.15, 0.2) is 0 Å². The Labute approximate surface area is 127 Å². The molecule has 0 saturated carbocycles. The van der Waals surface area contributed by atoms with Gasteiger partial charge < -0.3 is 14.3 Å². The monoisotopic (exact) mass is 302 g/mol. The molecular weight excluding hydrogens is 288 g/mol. The number of hydrogen-bond acceptors (Lipinski definition) is 4. The molecule has 3 heterocycles. The van der Waals surface area contributed by atoms with Crippen LogP contribution in [0.15, 0.2) is 47.3 Å². The fourth-order valence-corrected chi connectivity index (χ4v) is 2.40. The molecule has 0 amide bonds. The molecule has 5 nitrogen and oxygen atoms in total. The van der Waals surface area contributed by atoms with E-state index in [0.29, 0.717) is 5.15 Å². The quantitative estimate of drug-likeness (QED) is 0.749. The van der Waals surface area contributed by atoms with Gasteiger partial charge in [-0.1, -0.05) is 11.6 Å². The number of aromatic nitrogens is 3. The molecule has 1 N–H and O–H groups in total. The minimum atomic E-state index is -0.193. The van der Waals surface area contributed by atoms with Gasteiger partial charge in [-0.3, -0.25) is 0 Å². The molecule has 0 bridgehead atoms. The second kappa shape index (κ2) is 5.61. The Morgan fingerprint density at radius 2 is 2.19 bits per heavy atom. The summed E-state index contributed by atoms with van der Waals surface area (Å²) in [7, 11) is 1.95. The molecule has 1 atom stereocenters. The summed E-state index contributed by atoms with van der Waals surface area (Å²) in [5, 5.41) is 3.90. The summed E-state index contributed by atoms with van der Waals surface area (Å²) in [6.45, 7) is 1.91. The van der Waals surface area contributed by atoms with E-state index in [9.17, 15) is 0 Å². The number of nitrogens with one attached hydrogen (secondary N) is 1. The van der Waals surface area contributed by atoms with E-state index >= 15 is 0 Å². The van der Waals surface area contributed by atoms with E-state index in [2.05, 4.69) is 15.3 Å². The SMILES string of the molecule is Cc1nc(Cl)ccc1NC(c1ccco1)c1nccn1C. The van der Waals surface area contributed by atoms with Crippen LogP contribution in [-0.4, -0.2) is 14.5 Å². The summed E-state index contributed by atoms with van der Waals surface area (Å²) in [5.74, 6) is 1.65. The number of aryl methyl sites for hydroxylation is 2. The third-order valence-corrected chi connectivity index (χ3v) is 3.51. The highest BCUT2D eigenvalue weighted by molar-refractivity contribution is 6.29. The minimum absolute atomic E-state index is 0.193. The van der Waals surface area contributed by atoms with Crippen LogP contribution in [0.3, 0.4) is 0 Å². The van der Waals surface area contributed by atoms with Gasteiger partial charge in [0.25, 0.3) is 0 Å². The summed E-state index contributed by atoms with van der Waals surface area (Å²) < 4.78 is 7.51. The van der Waals surface area contributed by atoms with Crippen LogP contribution in [0.2, 0.25) is 5.15 Å². The van der Waals surface area contributed by atoms with E-state index in [4.69, 9.17) is 16.0 Å². The van der Waals surface area contributed by atoms with Gasteiger partial charge in [-0.05, 0) is 31.2 Å². The minimum Gasteiger partial charge on any atom is -0.467 e. The Bertz CT molecular complexity index is 736. The number of rotatable bonds is 4. The normalized spacial score (nSPS) is 12.3. The highest BCUT2D eigenvalue weighted by atomic mass is 35.5. The highest BCUT2D eigenvalue weighted by Gasteiger charge is 2.21. The first kappa shape index (κ1) is 13.7. The number of furan rings is 1. The van der Waals surface area contributed by atoms with E-state index < -0.39 is 0 Å². The molecular formula is C15H15ClN4O. The lowest BCUT2D eigenvalue weighted by Gasteiger charge is -2.19. The highest BCUT2D eigenvalue weighted by Crippen LogP contribution is 2.27. The Hall–Kier alpha value is -2.27. The van der Waals surface area contributed by atoms with Gasteiger partial charge in [-0.15, -0.1) is 0 Å². The van der Waals surface area contributed by atoms with Crippen molar-refractivity contribution in [2.24, 2.45) is 7.05 Å². The molecule has 3 rings (SSSR count). The number of halogens is 1. The first-order valence-electron chi connectivity index (χ1n) is 6.55. The topological polar surface area (TPSA) is 55.9 Å². The van der Waals surface area contributed by atoms with Crippen molar-refractivity contribution >= 4 is 17.3 Å². The number of anilines is 1. The van der Waals surface area contributed by atoms with Gasteiger partial charge >= 0.3 is 0 Å². The van der Waals surface area contributed by atoms with E-state index in [-0.39, 0.29) is 6.04 Å². The summed E-state index contributed by atoms with van der Waals surface area (Å²) in [4.78, 5) is 8.67. The zero-order valence-electron chi connectivity index (χ0n) is 11.7. The lowest BCUT2D eigenvalue weighted by Crippen LogP contribution is -2.17. The largest absolute Gasteiger partial charge is 0.467 e. The molecule has 108 valence electrons. The van der Waals surface area contributed by atoms with Crippen molar-refractivity contribution in [3.63, 3.8) is 0 Å². The van der Waals surface area contributed by atoms with Crippen molar-refractivity contribution in [1.82, 2.24) is 14.5 Å². The molecule has 0 radical (unpaired) electrons. The molecule has 1 unspecified atom stereocenters. The van der Waals surface area contributed by atoms with Crippen LogP contribution in [0.1, 0.15) is 23.3 Å². The molecule has 21 heavy (non-hydrogen) atoms. The third kappa shape index (κ3) is 2.78. The molecule has 0 aliphatic heterocycles. The standard InChI is InChI=1S/C15H15ClN4O/c1-10-11(5-6-13(16)18-10)19-14(12-4-3-9-21-12)15-17-7-8-20(15)2/h3-9,14,19H,1-2H3. The predicted molar refractivity (Wildman–Crippen MR) is 81.4 cm³/mol. The van der Waals surface area contributed by atoms with Crippen molar-refractivity contribution in [2.75, 3.05) is 5.32 Å². The van der Waals surface area contributed by atoms with Crippen molar-refractivity contribution in [3.8, 4) is 0 Å². The van der Waals surface area contributed by atoms with E-state index in [1.165, 1.54) is 0 Å². The second-order valence-corrected chi connectivity index (χ2v) is 5.14. The van der Waals surface area contributed by atoms with Crippen molar-refractivity contribution in [2.45, 2.75) is 13.0 Å². The molecule has 3 aromatic heterocycles. The molecule has 0 aliphatic carbocycles. The van der Waals surface area contributed by atoms with Crippen LogP contribution in [0.5, 0.6) is 0 Å². The Morgan fingerprint density at radius 3 is 2.81 bits per heavy atom.